The number of hydrogen-bond donors (Lipinski definition) is 1. The molecular formula is C23H24O2. The highest BCUT2D eigenvalue weighted by molar-refractivity contribution is 6.01. The molecule has 2 aromatic carbocycles. The number of carbonyl (C=O) groups excluding carboxylic acids is 1. The molecule has 2 atom stereocenters. The minimum absolute atomic E-state index is 0.0236. The Morgan fingerprint density at radius 2 is 2.00 bits per heavy atom. The van der Waals surface area contributed by atoms with Crippen LogP contribution in [0.2, 0.25) is 0 Å². The van der Waals surface area contributed by atoms with Crippen molar-refractivity contribution in [3.8, 4) is 5.75 Å². The van der Waals surface area contributed by atoms with Gasteiger partial charge in [0.25, 0.3) is 0 Å². The maximum absolute atomic E-state index is 12.8. The molecule has 128 valence electrons. The van der Waals surface area contributed by atoms with Gasteiger partial charge in [-0.05, 0) is 72.1 Å². The predicted octanol–water partition coefficient (Wildman–Crippen LogP) is 5.05. The van der Waals surface area contributed by atoms with Crippen LogP contribution in [0.1, 0.15) is 49.3 Å². The Kier molecular flexibility index (Phi) is 3.99. The maximum Gasteiger partial charge on any atom is 0.159 e. The lowest BCUT2D eigenvalue weighted by Crippen LogP contribution is -2.44. The third-order valence-electron chi connectivity index (χ3n) is 6.24. The highest BCUT2D eigenvalue weighted by Crippen LogP contribution is 2.53. The number of Topliss-reactive ketones (excluding diaryl/α,β-unsaturated/α-hetero) is 1. The summed E-state index contributed by atoms with van der Waals surface area (Å²) in [5.74, 6) is 1.06. The summed E-state index contributed by atoms with van der Waals surface area (Å²) in [4.78, 5) is 12.8. The lowest BCUT2D eigenvalue weighted by Gasteiger charge is -2.48. The van der Waals surface area contributed by atoms with Crippen LogP contribution in [0.5, 0.6) is 5.75 Å². The second-order valence-corrected chi connectivity index (χ2v) is 7.47. The van der Waals surface area contributed by atoms with E-state index in [1.165, 1.54) is 11.1 Å². The van der Waals surface area contributed by atoms with Crippen molar-refractivity contribution in [2.75, 3.05) is 0 Å². The van der Waals surface area contributed by atoms with Crippen molar-refractivity contribution in [2.45, 2.75) is 44.4 Å². The molecule has 1 saturated carbocycles. The summed E-state index contributed by atoms with van der Waals surface area (Å²) in [6.45, 7) is 2.24. The molecule has 0 bridgehead atoms. The first-order valence-electron chi connectivity index (χ1n) is 9.23. The molecular weight excluding hydrogens is 308 g/mol. The number of ketones is 1. The molecule has 0 unspecified atom stereocenters. The normalized spacial score (nSPS) is 27.0. The summed E-state index contributed by atoms with van der Waals surface area (Å²) < 4.78 is 0. The first-order valence-corrected chi connectivity index (χ1v) is 9.23. The second-order valence-electron chi connectivity index (χ2n) is 7.47. The molecule has 0 heterocycles. The summed E-state index contributed by atoms with van der Waals surface area (Å²) >= 11 is 0. The van der Waals surface area contributed by atoms with Crippen LogP contribution < -0.4 is 0 Å². The van der Waals surface area contributed by atoms with E-state index >= 15 is 0 Å². The number of allylic oxidation sites excluding steroid dienone is 1. The lowest BCUT2D eigenvalue weighted by atomic mass is 9.55. The Bertz CT molecular complexity index is 834. The van der Waals surface area contributed by atoms with Crippen LogP contribution >= 0.6 is 0 Å². The van der Waals surface area contributed by atoms with Gasteiger partial charge < -0.3 is 5.11 Å². The maximum atomic E-state index is 12.8. The van der Waals surface area contributed by atoms with E-state index in [-0.39, 0.29) is 5.41 Å². The highest BCUT2D eigenvalue weighted by atomic mass is 16.3. The van der Waals surface area contributed by atoms with Crippen LogP contribution in [0.3, 0.4) is 0 Å². The number of phenolic OH excluding ortho intramolecular Hbond substituents is 1. The van der Waals surface area contributed by atoms with Crippen molar-refractivity contribution < 1.29 is 9.90 Å². The SMILES string of the molecule is CC[C@@]12CC(=Cc3ccccc3)C(=O)C[C@H]1CCc1cc(O)ccc12. The zero-order valence-electron chi connectivity index (χ0n) is 14.7. The quantitative estimate of drug-likeness (QED) is 0.782. The zero-order valence-corrected chi connectivity index (χ0v) is 14.7. The van der Waals surface area contributed by atoms with Crippen molar-refractivity contribution in [1.29, 1.82) is 0 Å². The van der Waals surface area contributed by atoms with Gasteiger partial charge in [0.2, 0.25) is 0 Å². The molecule has 0 amide bonds. The van der Waals surface area contributed by atoms with Crippen LogP contribution in [0.4, 0.5) is 0 Å². The molecule has 25 heavy (non-hydrogen) atoms. The fourth-order valence-electron chi connectivity index (χ4n) is 4.92. The molecule has 2 aliphatic carbocycles. The Morgan fingerprint density at radius 1 is 1.20 bits per heavy atom. The standard InChI is InChI=1S/C23H24O2/c1-2-23-15-18(12-16-6-4-3-5-7-16)22(25)14-19(23)9-8-17-13-20(24)10-11-21(17)23/h3-7,10-13,19,24H,2,8-9,14-15H2,1H3/t19-,23-/m1/s1. The third kappa shape index (κ3) is 2.70. The largest absolute Gasteiger partial charge is 0.508 e. The van der Waals surface area contributed by atoms with Gasteiger partial charge in [-0.2, -0.15) is 0 Å². The van der Waals surface area contributed by atoms with Gasteiger partial charge in [0.05, 0.1) is 0 Å². The number of aryl methyl sites for hydroxylation is 1. The first-order chi connectivity index (χ1) is 12.1. The number of hydrogen-bond acceptors (Lipinski definition) is 2. The summed E-state index contributed by atoms with van der Waals surface area (Å²) in [5.41, 5.74) is 4.67. The summed E-state index contributed by atoms with van der Waals surface area (Å²) in [5, 5.41) is 9.86. The highest BCUT2D eigenvalue weighted by Gasteiger charge is 2.47. The predicted molar refractivity (Wildman–Crippen MR) is 101 cm³/mol. The minimum Gasteiger partial charge on any atom is -0.508 e. The number of phenols is 1. The van der Waals surface area contributed by atoms with Crippen molar-refractivity contribution in [3.05, 3.63) is 70.8 Å². The molecule has 0 spiro atoms. The van der Waals surface area contributed by atoms with Gasteiger partial charge in [-0.1, -0.05) is 43.3 Å². The van der Waals surface area contributed by atoms with E-state index in [1.54, 1.807) is 6.07 Å². The number of fused-ring (bicyclic) bond motifs is 3. The third-order valence-corrected chi connectivity index (χ3v) is 6.24. The minimum atomic E-state index is 0.0236. The van der Waals surface area contributed by atoms with E-state index < -0.39 is 0 Å². The average Bonchev–Trinajstić information content (AvgIpc) is 2.63. The molecule has 0 aliphatic heterocycles. The number of benzene rings is 2. The molecule has 1 fully saturated rings. The van der Waals surface area contributed by atoms with Crippen molar-refractivity contribution >= 4 is 11.9 Å². The number of aromatic hydroxyl groups is 1. The van der Waals surface area contributed by atoms with Gasteiger partial charge in [-0.25, -0.2) is 0 Å². The van der Waals surface area contributed by atoms with Gasteiger partial charge in [-0.15, -0.1) is 0 Å². The number of rotatable bonds is 2. The van der Waals surface area contributed by atoms with Crippen molar-refractivity contribution in [3.63, 3.8) is 0 Å². The van der Waals surface area contributed by atoms with Crippen LogP contribution in [0.25, 0.3) is 6.08 Å². The van der Waals surface area contributed by atoms with E-state index in [0.29, 0.717) is 23.9 Å². The number of carbonyl (C=O) groups is 1. The molecule has 2 aromatic rings. The Labute approximate surface area is 149 Å². The molecule has 1 N–H and O–H groups in total. The van der Waals surface area contributed by atoms with Crippen LogP contribution in [-0.2, 0) is 16.6 Å². The van der Waals surface area contributed by atoms with Gasteiger partial charge in [-0.3, -0.25) is 4.79 Å². The fourth-order valence-corrected chi connectivity index (χ4v) is 4.92. The monoisotopic (exact) mass is 332 g/mol. The molecule has 0 saturated heterocycles. The molecule has 2 nitrogen and oxygen atoms in total. The Morgan fingerprint density at radius 3 is 2.76 bits per heavy atom. The summed E-state index contributed by atoms with van der Waals surface area (Å²) in [6.07, 6.45) is 6.54. The average molecular weight is 332 g/mol. The van der Waals surface area contributed by atoms with Gasteiger partial charge >= 0.3 is 0 Å². The van der Waals surface area contributed by atoms with E-state index in [4.69, 9.17) is 0 Å². The van der Waals surface area contributed by atoms with E-state index in [2.05, 4.69) is 31.2 Å². The van der Waals surface area contributed by atoms with E-state index in [9.17, 15) is 9.90 Å². The van der Waals surface area contributed by atoms with Gasteiger partial charge in [0.1, 0.15) is 5.75 Å². The Balaban J connectivity index is 1.79. The lowest BCUT2D eigenvalue weighted by molar-refractivity contribution is -0.119. The van der Waals surface area contributed by atoms with Crippen LogP contribution in [0.15, 0.2) is 54.1 Å². The van der Waals surface area contributed by atoms with Crippen molar-refractivity contribution in [1.82, 2.24) is 0 Å². The molecule has 2 heteroatoms. The molecule has 4 rings (SSSR count). The smallest absolute Gasteiger partial charge is 0.159 e. The van der Waals surface area contributed by atoms with Crippen LogP contribution in [-0.4, -0.2) is 10.9 Å². The van der Waals surface area contributed by atoms with E-state index in [1.807, 2.05) is 24.3 Å². The molecule has 2 aliphatic rings. The second kappa shape index (κ2) is 6.18. The topological polar surface area (TPSA) is 37.3 Å². The zero-order chi connectivity index (χ0) is 17.4. The first kappa shape index (κ1) is 16.1. The fraction of sp³-hybridized carbons (Fsp3) is 0.348. The summed E-state index contributed by atoms with van der Waals surface area (Å²) in [7, 11) is 0. The van der Waals surface area contributed by atoms with Crippen molar-refractivity contribution in [2.24, 2.45) is 5.92 Å². The van der Waals surface area contributed by atoms with E-state index in [0.717, 1.165) is 36.8 Å². The Hall–Kier alpha value is -2.35. The molecule has 0 aromatic heterocycles. The summed E-state index contributed by atoms with van der Waals surface area (Å²) in [6, 6.07) is 15.9. The molecule has 0 radical (unpaired) electrons. The van der Waals surface area contributed by atoms with Gasteiger partial charge in [0.15, 0.2) is 5.78 Å². The van der Waals surface area contributed by atoms with Gasteiger partial charge in [0, 0.05) is 11.8 Å². The van der Waals surface area contributed by atoms with Crippen LogP contribution in [0, 0.1) is 5.92 Å².